The van der Waals surface area contributed by atoms with Crippen molar-refractivity contribution in [3.05, 3.63) is 81.0 Å². The number of allylic oxidation sites excluding steroid dienone is 1. The van der Waals surface area contributed by atoms with Gasteiger partial charge in [-0.05, 0) is 43.2 Å². The van der Waals surface area contributed by atoms with E-state index in [1.807, 2.05) is 0 Å². The maximum atomic E-state index is 12.6. The summed E-state index contributed by atoms with van der Waals surface area (Å²) in [6, 6.07) is 10.1. The first-order valence-corrected chi connectivity index (χ1v) is 9.87. The standard InChI is InChI=1S/C23H23N3O6/c1-4-8-16-11-15(12-19(30-3)21(16)32-14-20(27)31-5-2)13-24-26-22(28)17-9-6-7-10-18(17)25-23(26)29/h4,6-7,9-13H,1,5,8,14H2,2-3H3,(H,25,29). The van der Waals surface area contributed by atoms with Crippen LogP contribution >= 0.6 is 0 Å². The van der Waals surface area contributed by atoms with Crippen LogP contribution in [0, 0.1) is 0 Å². The number of rotatable bonds is 9. The highest BCUT2D eigenvalue weighted by molar-refractivity contribution is 5.82. The molecular formula is C23H23N3O6. The summed E-state index contributed by atoms with van der Waals surface area (Å²) in [5, 5.41) is 4.41. The van der Waals surface area contributed by atoms with Crippen molar-refractivity contribution in [2.75, 3.05) is 20.3 Å². The van der Waals surface area contributed by atoms with Crippen LogP contribution in [0.5, 0.6) is 11.5 Å². The fourth-order valence-electron chi connectivity index (χ4n) is 3.10. The van der Waals surface area contributed by atoms with Gasteiger partial charge in [0.1, 0.15) is 0 Å². The zero-order valence-corrected chi connectivity index (χ0v) is 17.8. The highest BCUT2D eigenvalue weighted by Gasteiger charge is 2.15. The Morgan fingerprint density at radius 3 is 2.75 bits per heavy atom. The molecular weight excluding hydrogens is 414 g/mol. The second kappa shape index (κ2) is 10.3. The van der Waals surface area contributed by atoms with Gasteiger partial charge in [0.15, 0.2) is 18.1 Å². The van der Waals surface area contributed by atoms with Gasteiger partial charge in [-0.15, -0.1) is 11.3 Å². The predicted octanol–water partition coefficient (Wildman–Crippen LogP) is 2.25. The van der Waals surface area contributed by atoms with Gasteiger partial charge in [-0.3, -0.25) is 4.79 Å². The smallest absolute Gasteiger partial charge is 0.349 e. The van der Waals surface area contributed by atoms with Gasteiger partial charge in [0, 0.05) is 5.56 Å². The topological polar surface area (TPSA) is 112 Å². The SMILES string of the molecule is C=CCc1cc(C=Nn2c(=O)[nH]c3ccccc3c2=O)cc(OC)c1OCC(=O)OCC. The Hall–Kier alpha value is -4.14. The van der Waals surface area contributed by atoms with Gasteiger partial charge in [-0.1, -0.05) is 18.2 Å². The van der Waals surface area contributed by atoms with Crippen LogP contribution in [0.2, 0.25) is 0 Å². The summed E-state index contributed by atoms with van der Waals surface area (Å²) in [5.41, 5.74) is 0.490. The van der Waals surface area contributed by atoms with Crippen LogP contribution in [0.4, 0.5) is 0 Å². The van der Waals surface area contributed by atoms with Crippen molar-refractivity contribution < 1.29 is 19.0 Å². The van der Waals surface area contributed by atoms with E-state index in [2.05, 4.69) is 16.7 Å². The number of ether oxygens (including phenoxy) is 3. The highest BCUT2D eigenvalue weighted by atomic mass is 16.6. The number of aromatic amines is 1. The predicted molar refractivity (Wildman–Crippen MR) is 121 cm³/mol. The summed E-state index contributed by atoms with van der Waals surface area (Å²) >= 11 is 0. The van der Waals surface area contributed by atoms with E-state index in [0.29, 0.717) is 39.9 Å². The van der Waals surface area contributed by atoms with Crippen molar-refractivity contribution >= 4 is 23.1 Å². The summed E-state index contributed by atoms with van der Waals surface area (Å²) in [7, 11) is 1.46. The quantitative estimate of drug-likeness (QED) is 0.312. The molecule has 0 spiro atoms. The highest BCUT2D eigenvalue weighted by Crippen LogP contribution is 2.33. The third-order valence-electron chi connectivity index (χ3n) is 4.48. The minimum Gasteiger partial charge on any atom is -0.493 e. The Balaban J connectivity index is 1.99. The van der Waals surface area contributed by atoms with Crippen LogP contribution in [0.1, 0.15) is 18.1 Å². The van der Waals surface area contributed by atoms with Gasteiger partial charge >= 0.3 is 11.7 Å². The molecule has 1 N–H and O–H groups in total. The summed E-state index contributed by atoms with van der Waals surface area (Å²) < 4.78 is 16.7. The molecule has 0 aliphatic carbocycles. The molecule has 3 aromatic rings. The van der Waals surface area contributed by atoms with Crippen molar-refractivity contribution in [2.45, 2.75) is 13.3 Å². The number of aromatic nitrogens is 2. The van der Waals surface area contributed by atoms with Crippen LogP contribution in [-0.4, -0.2) is 42.2 Å². The van der Waals surface area contributed by atoms with Gasteiger partial charge in [-0.25, -0.2) is 9.59 Å². The molecule has 3 rings (SSSR count). The van der Waals surface area contributed by atoms with E-state index in [9.17, 15) is 14.4 Å². The van der Waals surface area contributed by atoms with Crippen molar-refractivity contribution in [3.8, 4) is 11.5 Å². The van der Waals surface area contributed by atoms with Gasteiger partial charge < -0.3 is 19.2 Å². The average molecular weight is 437 g/mol. The Labute approximate surface area is 183 Å². The number of nitrogens with zero attached hydrogens (tertiary/aromatic N) is 2. The van der Waals surface area contributed by atoms with E-state index in [4.69, 9.17) is 14.2 Å². The number of methoxy groups -OCH3 is 1. The molecule has 0 aliphatic rings. The number of carbonyl (C=O) groups is 1. The molecule has 0 atom stereocenters. The van der Waals surface area contributed by atoms with Crippen molar-refractivity contribution in [1.29, 1.82) is 0 Å². The third kappa shape index (κ3) is 4.94. The molecule has 0 fully saturated rings. The van der Waals surface area contributed by atoms with Crippen LogP contribution in [-0.2, 0) is 16.0 Å². The third-order valence-corrected chi connectivity index (χ3v) is 4.48. The number of nitrogens with one attached hydrogen (secondary N) is 1. The van der Waals surface area contributed by atoms with Crippen LogP contribution in [0.25, 0.3) is 10.9 Å². The van der Waals surface area contributed by atoms with Crippen molar-refractivity contribution in [2.24, 2.45) is 5.10 Å². The second-order valence-corrected chi connectivity index (χ2v) is 6.64. The maximum absolute atomic E-state index is 12.6. The molecule has 0 saturated heterocycles. The molecule has 0 radical (unpaired) electrons. The second-order valence-electron chi connectivity index (χ2n) is 6.64. The van der Waals surface area contributed by atoms with E-state index in [0.717, 1.165) is 4.68 Å². The number of hydrogen-bond acceptors (Lipinski definition) is 7. The van der Waals surface area contributed by atoms with Gasteiger partial charge in [-0.2, -0.15) is 5.10 Å². The molecule has 0 bridgehead atoms. The van der Waals surface area contributed by atoms with Gasteiger partial charge in [0.25, 0.3) is 5.56 Å². The number of fused-ring (bicyclic) bond motifs is 1. The van der Waals surface area contributed by atoms with Gasteiger partial charge in [0.2, 0.25) is 0 Å². The molecule has 166 valence electrons. The Morgan fingerprint density at radius 1 is 1.25 bits per heavy atom. The number of para-hydroxylation sites is 1. The van der Waals surface area contributed by atoms with Gasteiger partial charge in [0.05, 0.1) is 30.8 Å². The molecule has 0 amide bonds. The Bertz CT molecular complexity index is 1290. The molecule has 32 heavy (non-hydrogen) atoms. The lowest BCUT2D eigenvalue weighted by Crippen LogP contribution is -2.32. The molecule has 0 saturated carbocycles. The lowest BCUT2D eigenvalue weighted by Gasteiger charge is -2.15. The molecule has 9 nitrogen and oxygen atoms in total. The van der Waals surface area contributed by atoms with E-state index in [1.54, 1.807) is 49.4 Å². The minimum atomic E-state index is -0.655. The Morgan fingerprint density at radius 2 is 2.03 bits per heavy atom. The van der Waals surface area contributed by atoms with Crippen molar-refractivity contribution in [1.82, 2.24) is 9.66 Å². The average Bonchev–Trinajstić information content (AvgIpc) is 2.78. The number of esters is 1. The first kappa shape index (κ1) is 22.5. The number of carbonyl (C=O) groups excluding carboxylic acids is 1. The molecule has 0 aliphatic heterocycles. The number of hydrogen-bond donors (Lipinski definition) is 1. The summed E-state index contributed by atoms with van der Waals surface area (Å²) in [6.45, 7) is 5.43. The first-order valence-electron chi connectivity index (χ1n) is 9.87. The molecule has 1 heterocycles. The van der Waals surface area contributed by atoms with Crippen LogP contribution in [0.15, 0.2) is 63.7 Å². The minimum absolute atomic E-state index is 0.252. The zero-order valence-electron chi connectivity index (χ0n) is 17.8. The fraction of sp³-hybridized carbons (Fsp3) is 0.217. The molecule has 9 heteroatoms. The monoisotopic (exact) mass is 437 g/mol. The lowest BCUT2D eigenvalue weighted by molar-refractivity contribution is -0.145. The van der Waals surface area contributed by atoms with E-state index < -0.39 is 17.2 Å². The fourth-order valence-corrected chi connectivity index (χ4v) is 3.10. The lowest BCUT2D eigenvalue weighted by atomic mass is 10.1. The Kier molecular flexibility index (Phi) is 7.22. The largest absolute Gasteiger partial charge is 0.493 e. The molecule has 0 unspecified atom stereocenters. The van der Waals surface area contributed by atoms with E-state index in [-0.39, 0.29) is 13.2 Å². The molecule has 2 aromatic carbocycles. The van der Waals surface area contributed by atoms with E-state index in [1.165, 1.54) is 13.3 Å². The summed E-state index contributed by atoms with van der Waals surface area (Å²) in [5.74, 6) is 0.229. The van der Waals surface area contributed by atoms with E-state index >= 15 is 0 Å². The number of benzene rings is 2. The van der Waals surface area contributed by atoms with Crippen LogP contribution in [0.3, 0.4) is 0 Å². The number of H-pyrrole nitrogens is 1. The first-order chi connectivity index (χ1) is 15.5. The normalized spacial score (nSPS) is 10.9. The molecule has 1 aromatic heterocycles. The summed E-state index contributed by atoms with van der Waals surface area (Å²) in [6.07, 6.45) is 3.47. The maximum Gasteiger partial charge on any atom is 0.349 e. The zero-order chi connectivity index (χ0) is 23.1. The van der Waals surface area contributed by atoms with Crippen molar-refractivity contribution in [3.63, 3.8) is 0 Å². The van der Waals surface area contributed by atoms with Crippen LogP contribution < -0.4 is 20.7 Å². The summed E-state index contributed by atoms with van der Waals surface area (Å²) in [4.78, 5) is 39.3.